The number of nitrogens with one attached hydrogen (secondary N) is 1. The molecule has 1 atom stereocenters. The van der Waals surface area contributed by atoms with Gasteiger partial charge in [0.2, 0.25) is 0 Å². The summed E-state index contributed by atoms with van der Waals surface area (Å²) in [6.45, 7) is 7.49. The highest BCUT2D eigenvalue weighted by atomic mass is 16.6. The van der Waals surface area contributed by atoms with Gasteiger partial charge in [-0.15, -0.1) is 0 Å². The Kier molecular flexibility index (Phi) is 4.18. The Hall–Kier alpha value is -1.75. The second kappa shape index (κ2) is 5.71. The highest BCUT2D eigenvalue weighted by Crippen LogP contribution is 2.33. The van der Waals surface area contributed by atoms with Crippen LogP contribution in [0.25, 0.3) is 0 Å². The molecule has 1 unspecified atom stereocenters. The fraction of sp³-hybridized carbons (Fsp3) is 0.533. The molecular weight excluding hydrogens is 256 g/mol. The predicted octanol–water partition coefficient (Wildman–Crippen LogP) is 1.56. The van der Waals surface area contributed by atoms with E-state index in [1.54, 1.807) is 18.2 Å². The molecule has 1 aromatic rings. The molecule has 0 bridgehead atoms. The molecular formula is C15H22N2O3. The number of nitrogens with two attached hydrogens (primary N) is 1. The van der Waals surface area contributed by atoms with Crippen molar-refractivity contribution >= 4 is 5.91 Å². The molecule has 1 amide bonds. The van der Waals surface area contributed by atoms with Crippen LogP contribution in [0.1, 0.15) is 31.1 Å². The van der Waals surface area contributed by atoms with Gasteiger partial charge < -0.3 is 20.5 Å². The first-order chi connectivity index (χ1) is 9.43. The zero-order chi connectivity index (χ0) is 14.8. The summed E-state index contributed by atoms with van der Waals surface area (Å²) < 4.78 is 11.0. The van der Waals surface area contributed by atoms with E-state index in [9.17, 15) is 4.79 Å². The van der Waals surface area contributed by atoms with Crippen molar-refractivity contribution in [3.8, 4) is 11.5 Å². The van der Waals surface area contributed by atoms with Gasteiger partial charge in [0.05, 0.1) is 5.56 Å². The fourth-order valence-corrected chi connectivity index (χ4v) is 2.12. The van der Waals surface area contributed by atoms with Crippen LogP contribution >= 0.6 is 0 Å². The number of hydrogen-bond acceptors (Lipinski definition) is 4. The van der Waals surface area contributed by atoms with Crippen molar-refractivity contribution in [3.05, 3.63) is 23.8 Å². The van der Waals surface area contributed by atoms with Gasteiger partial charge in [-0.1, -0.05) is 26.8 Å². The lowest BCUT2D eigenvalue weighted by Crippen LogP contribution is -2.48. The number of carbonyl (C=O) groups is 1. The van der Waals surface area contributed by atoms with Crippen LogP contribution in [0.3, 0.4) is 0 Å². The lowest BCUT2D eigenvalue weighted by molar-refractivity contribution is 0.0894. The van der Waals surface area contributed by atoms with Crippen LogP contribution < -0.4 is 20.5 Å². The number of hydrogen-bond donors (Lipinski definition) is 2. The van der Waals surface area contributed by atoms with Gasteiger partial charge in [0.15, 0.2) is 11.5 Å². The first-order valence-electron chi connectivity index (χ1n) is 6.83. The van der Waals surface area contributed by atoms with E-state index in [4.69, 9.17) is 15.2 Å². The van der Waals surface area contributed by atoms with Crippen LogP contribution in [-0.2, 0) is 0 Å². The van der Waals surface area contributed by atoms with Crippen LogP contribution in [0.4, 0.5) is 0 Å². The molecule has 5 heteroatoms. The van der Waals surface area contributed by atoms with Crippen LogP contribution in [0.5, 0.6) is 11.5 Å². The predicted molar refractivity (Wildman–Crippen MR) is 77.2 cm³/mol. The monoisotopic (exact) mass is 278 g/mol. The van der Waals surface area contributed by atoms with Gasteiger partial charge in [0.1, 0.15) is 13.2 Å². The fourth-order valence-electron chi connectivity index (χ4n) is 2.12. The average molecular weight is 278 g/mol. The van der Waals surface area contributed by atoms with Gasteiger partial charge in [0.25, 0.3) is 5.91 Å². The van der Waals surface area contributed by atoms with E-state index in [0.717, 1.165) is 0 Å². The standard InChI is InChI=1S/C15H22N2O3/c1-15(2,3)12(9-16)17-14(18)10-5-4-6-11-13(10)20-8-7-19-11/h4-6,12H,7-9,16H2,1-3H3,(H,17,18). The maximum absolute atomic E-state index is 12.4. The van der Waals surface area contributed by atoms with Crippen LogP contribution in [0, 0.1) is 5.41 Å². The third-order valence-corrected chi connectivity index (χ3v) is 3.40. The van der Waals surface area contributed by atoms with E-state index >= 15 is 0 Å². The molecule has 2 rings (SSSR count). The number of benzene rings is 1. The molecule has 0 radical (unpaired) electrons. The van der Waals surface area contributed by atoms with Gasteiger partial charge in [-0.25, -0.2) is 0 Å². The molecule has 0 saturated carbocycles. The molecule has 5 nitrogen and oxygen atoms in total. The van der Waals surface area contributed by atoms with E-state index in [0.29, 0.717) is 36.8 Å². The third-order valence-electron chi connectivity index (χ3n) is 3.40. The Morgan fingerprint density at radius 2 is 2.05 bits per heavy atom. The Labute approximate surface area is 119 Å². The second-order valence-electron chi connectivity index (χ2n) is 5.96. The molecule has 110 valence electrons. The molecule has 0 fully saturated rings. The molecule has 0 aliphatic carbocycles. The highest BCUT2D eigenvalue weighted by molar-refractivity contribution is 5.98. The SMILES string of the molecule is CC(C)(C)C(CN)NC(=O)c1cccc2c1OCCO2. The Morgan fingerprint density at radius 3 is 2.70 bits per heavy atom. The summed E-state index contributed by atoms with van der Waals surface area (Å²) in [6.07, 6.45) is 0. The van der Waals surface area contributed by atoms with Gasteiger partial charge in [-0.2, -0.15) is 0 Å². The van der Waals surface area contributed by atoms with Crippen LogP contribution in [0.15, 0.2) is 18.2 Å². The van der Waals surface area contributed by atoms with Gasteiger partial charge >= 0.3 is 0 Å². The van der Waals surface area contributed by atoms with Crippen molar-refractivity contribution in [2.45, 2.75) is 26.8 Å². The topological polar surface area (TPSA) is 73.6 Å². The quantitative estimate of drug-likeness (QED) is 0.880. The minimum atomic E-state index is -0.183. The molecule has 3 N–H and O–H groups in total. The van der Waals surface area contributed by atoms with Crippen molar-refractivity contribution in [1.82, 2.24) is 5.32 Å². The van der Waals surface area contributed by atoms with E-state index in [1.807, 2.05) is 20.8 Å². The van der Waals surface area contributed by atoms with Gasteiger partial charge in [0, 0.05) is 12.6 Å². The van der Waals surface area contributed by atoms with Crippen molar-refractivity contribution in [1.29, 1.82) is 0 Å². The molecule has 0 aromatic heterocycles. The van der Waals surface area contributed by atoms with Gasteiger partial charge in [-0.3, -0.25) is 4.79 Å². The van der Waals surface area contributed by atoms with Gasteiger partial charge in [-0.05, 0) is 17.5 Å². The van der Waals surface area contributed by atoms with E-state index in [-0.39, 0.29) is 17.4 Å². The minimum absolute atomic E-state index is 0.101. The molecule has 1 aliphatic rings. The van der Waals surface area contributed by atoms with Crippen molar-refractivity contribution < 1.29 is 14.3 Å². The summed E-state index contributed by atoms with van der Waals surface area (Å²) in [4.78, 5) is 12.4. The lowest BCUT2D eigenvalue weighted by atomic mass is 9.86. The maximum atomic E-state index is 12.4. The molecule has 20 heavy (non-hydrogen) atoms. The third kappa shape index (κ3) is 3.04. The zero-order valence-corrected chi connectivity index (χ0v) is 12.2. The van der Waals surface area contributed by atoms with E-state index in [1.165, 1.54) is 0 Å². The first kappa shape index (κ1) is 14.7. The number of rotatable bonds is 3. The number of para-hydroxylation sites is 1. The smallest absolute Gasteiger partial charge is 0.255 e. The molecule has 1 heterocycles. The Bertz CT molecular complexity index is 494. The second-order valence-corrected chi connectivity index (χ2v) is 5.96. The summed E-state index contributed by atoms with van der Waals surface area (Å²) in [5, 5.41) is 2.97. The van der Waals surface area contributed by atoms with E-state index < -0.39 is 0 Å². The summed E-state index contributed by atoms with van der Waals surface area (Å²) >= 11 is 0. The lowest BCUT2D eigenvalue weighted by Gasteiger charge is -2.30. The maximum Gasteiger partial charge on any atom is 0.255 e. The number of fused-ring (bicyclic) bond motifs is 1. The number of carbonyl (C=O) groups excluding carboxylic acids is 1. The average Bonchev–Trinajstić information content (AvgIpc) is 2.42. The van der Waals surface area contributed by atoms with Crippen molar-refractivity contribution in [2.75, 3.05) is 19.8 Å². The Balaban J connectivity index is 2.21. The van der Waals surface area contributed by atoms with Crippen molar-refractivity contribution in [2.24, 2.45) is 11.1 Å². The summed E-state index contributed by atoms with van der Waals surface area (Å²) in [5.41, 5.74) is 6.14. The molecule has 0 spiro atoms. The first-order valence-corrected chi connectivity index (χ1v) is 6.83. The molecule has 1 aromatic carbocycles. The van der Waals surface area contributed by atoms with Crippen molar-refractivity contribution in [3.63, 3.8) is 0 Å². The number of amides is 1. The van der Waals surface area contributed by atoms with Crippen LogP contribution in [-0.4, -0.2) is 31.7 Å². The Morgan fingerprint density at radius 1 is 1.35 bits per heavy atom. The summed E-state index contributed by atoms with van der Waals surface area (Å²) in [7, 11) is 0. The minimum Gasteiger partial charge on any atom is -0.486 e. The summed E-state index contributed by atoms with van der Waals surface area (Å²) in [6, 6.07) is 5.22. The normalized spacial score (nSPS) is 15.6. The zero-order valence-electron chi connectivity index (χ0n) is 12.2. The summed E-state index contributed by atoms with van der Waals surface area (Å²) in [5.74, 6) is 0.947. The largest absolute Gasteiger partial charge is 0.486 e. The molecule has 0 saturated heterocycles. The highest BCUT2D eigenvalue weighted by Gasteiger charge is 2.27. The van der Waals surface area contributed by atoms with Crippen LogP contribution in [0.2, 0.25) is 0 Å². The molecule has 1 aliphatic heterocycles. The van der Waals surface area contributed by atoms with E-state index in [2.05, 4.69) is 5.32 Å². The number of ether oxygens (including phenoxy) is 2.